The van der Waals surface area contributed by atoms with Crippen molar-refractivity contribution in [2.45, 2.75) is 11.9 Å². The highest BCUT2D eigenvalue weighted by Gasteiger charge is 2.22. The highest BCUT2D eigenvalue weighted by Crippen LogP contribution is 2.16. The van der Waals surface area contributed by atoms with Crippen LogP contribution in [0.4, 0.5) is 0 Å². The van der Waals surface area contributed by atoms with E-state index in [4.69, 9.17) is 5.14 Å². The minimum absolute atomic E-state index is 0.195. The van der Waals surface area contributed by atoms with Crippen molar-refractivity contribution in [3.8, 4) is 0 Å². The lowest BCUT2D eigenvalue weighted by Crippen LogP contribution is -2.24. The lowest BCUT2D eigenvalue weighted by Gasteiger charge is -2.04. The van der Waals surface area contributed by atoms with Crippen LogP contribution >= 0.6 is 0 Å². The molecule has 0 bridgehead atoms. The van der Waals surface area contributed by atoms with E-state index >= 15 is 0 Å². The number of aryl methyl sites for hydroxylation is 1. The van der Waals surface area contributed by atoms with Gasteiger partial charge in [-0.2, -0.15) is 5.10 Å². The van der Waals surface area contributed by atoms with Crippen LogP contribution in [0.1, 0.15) is 5.69 Å². The molecule has 0 spiro atoms. The van der Waals surface area contributed by atoms with Crippen molar-refractivity contribution in [2.24, 2.45) is 5.14 Å². The number of fused-ring (bicyclic) bond motifs is 1. The Bertz CT molecular complexity index is 823. The van der Waals surface area contributed by atoms with Gasteiger partial charge in [-0.15, -0.1) is 0 Å². The van der Waals surface area contributed by atoms with Gasteiger partial charge in [-0.3, -0.25) is 0 Å². The molecule has 0 unspecified atom stereocenters. The number of sulfone groups is 1. The number of aromatic nitrogens is 3. The molecule has 2 rings (SSSR count). The number of nitrogens with two attached hydrogens (primary N) is 1. The Kier molecular flexibility index (Phi) is 3.32. The summed E-state index contributed by atoms with van der Waals surface area (Å²) >= 11 is 0. The van der Waals surface area contributed by atoms with Crippen LogP contribution in [0.5, 0.6) is 0 Å². The molecule has 0 aliphatic carbocycles. The maximum absolute atomic E-state index is 12.1. The molecule has 8 nitrogen and oxygen atoms in total. The molecule has 0 saturated carbocycles. The average molecular weight is 304 g/mol. The summed E-state index contributed by atoms with van der Waals surface area (Å²) in [6.07, 6.45) is 2.81. The molecule has 0 atom stereocenters. The average Bonchev–Trinajstić information content (AvgIpc) is 2.65. The highest BCUT2D eigenvalue weighted by atomic mass is 32.2. The maximum Gasteiger partial charge on any atom is 0.210 e. The van der Waals surface area contributed by atoms with Crippen molar-refractivity contribution in [1.82, 2.24) is 14.6 Å². The third kappa shape index (κ3) is 3.08. The van der Waals surface area contributed by atoms with Crippen LogP contribution in [-0.2, 0) is 19.9 Å². The number of hydrogen-bond acceptors (Lipinski definition) is 6. The van der Waals surface area contributed by atoms with E-state index in [-0.39, 0.29) is 5.03 Å². The van der Waals surface area contributed by atoms with E-state index in [1.807, 2.05) is 0 Å². The van der Waals surface area contributed by atoms with Crippen LogP contribution in [0, 0.1) is 6.92 Å². The Balaban J connectivity index is 2.49. The molecule has 2 aromatic heterocycles. The van der Waals surface area contributed by atoms with Crippen molar-refractivity contribution >= 4 is 25.4 Å². The molecule has 0 saturated heterocycles. The third-order valence-corrected chi connectivity index (χ3v) is 5.08. The van der Waals surface area contributed by atoms with E-state index in [1.54, 1.807) is 13.0 Å². The van der Waals surface area contributed by atoms with E-state index in [2.05, 4.69) is 10.1 Å². The van der Waals surface area contributed by atoms with Crippen molar-refractivity contribution in [3.05, 3.63) is 24.2 Å². The summed E-state index contributed by atoms with van der Waals surface area (Å²) in [5, 5.41) is 8.68. The van der Waals surface area contributed by atoms with Crippen LogP contribution in [0.2, 0.25) is 0 Å². The fraction of sp³-hybridized carbons (Fsp3) is 0.333. The zero-order valence-corrected chi connectivity index (χ0v) is 11.6. The minimum Gasteiger partial charge on any atom is -0.241 e. The first-order valence-electron chi connectivity index (χ1n) is 5.23. The van der Waals surface area contributed by atoms with Gasteiger partial charge in [-0.1, -0.05) is 0 Å². The zero-order chi connectivity index (χ0) is 14.3. The Morgan fingerprint density at radius 1 is 1.26 bits per heavy atom. The third-order valence-electron chi connectivity index (χ3n) is 2.41. The Morgan fingerprint density at radius 3 is 2.58 bits per heavy atom. The molecule has 104 valence electrons. The number of hydrogen-bond donors (Lipinski definition) is 1. The van der Waals surface area contributed by atoms with Crippen molar-refractivity contribution < 1.29 is 16.8 Å². The van der Waals surface area contributed by atoms with E-state index in [1.165, 1.54) is 16.9 Å². The Labute approximate surface area is 110 Å². The standard InChI is InChI=1S/C9H12N4O4S2/c1-7-6-8-9(11-2-3-13(8)12-7)18(14,15)4-5-19(10,16)17/h2-3,6H,4-5H2,1H3,(H2,10,16,17). The number of sulfonamides is 1. The Morgan fingerprint density at radius 2 is 1.95 bits per heavy atom. The first-order chi connectivity index (χ1) is 8.69. The SMILES string of the molecule is Cc1cc2c(S(=O)(=O)CCS(N)(=O)=O)nccn2n1. The summed E-state index contributed by atoms with van der Waals surface area (Å²) in [7, 11) is -7.68. The molecule has 2 aromatic rings. The summed E-state index contributed by atoms with van der Waals surface area (Å²) in [6, 6.07) is 1.57. The quantitative estimate of drug-likeness (QED) is 0.780. The van der Waals surface area contributed by atoms with Gasteiger partial charge in [-0.05, 0) is 13.0 Å². The topological polar surface area (TPSA) is 124 Å². The molecule has 0 radical (unpaired) electrons. The second-order valence-corrected chi connectivity index (χ2v) is 7.79. The van der Waals surface area contributed by atoms with Gasteiger partial charge in [0.2, 0.25) is 10.0 Å². The molecule has 0 aliphatic heterocycles. The normalized spacial score (nSPS) is 12.9. The molecular formula is C9H12N4O4S2. The highest BCUT2D eigenvalue weighted by molar-refractivity contribution is 7.94. The van der Waals surface area contributed by atoms with Crippen molar-refractivity contribution in [1.29, 1.82) is 0 Å². The Hall–Kier alpha value is -1.52. The monoisotopic (exact) mass is 304 g/mol. The van der Waals surface area contributed by atoms with Crippen LogP contribution in [0.3, 0.4) is 0 Å². The minimum atomic E-state index is -3.84. The first-order valence-corrected chi connectivity index (χ1v) is 8.60. The second-order valence-electron chi connectivity index (χ2n) is 4.03. The fourth-order valence-corrected chi connectivity index (χ4v) is 4.28. The summed E-state index contributed by atoms with van der Waals surface area (Å²) in [6.45, 7) is 1.72. The predicted molar refractivity (Wildman–Crippen MR) is 67.8 cm³/mol. The van der Waals surface area contributed by atoms with E-state index in [0.29, 0.717) is 11.2 Å². The largest absolute Gasteiger partial charge is 0.241 e. The number of rotatable bonds is 4. The lowest BCUT2D eigenvalue weighted by molar-refractivity contribution is 0.586. The fourth-order valence-electron chi connectivity index (χ4n) is 1.58. The molecule has 0 aliphatic rings. The molecule has 2 heterocycles. The van der Waals surface area contributed by atoms with Gasteiger partial charge in [0.15, 0.2) is 14.9 Å². The summed E-state index contributed by atoms with van der Waals surface area (Å²) in [4.78, 5) is 3.81. The van der Waals surface area contributed by atoms with E-state index in [0.717, 1.165) is 0 Å². The van der Waals surface area contributed by atoms with Gasteiger partial charge < -0.3 is 0 Å². The van der Waals surface area contributed by atoms with Crippen LogP contribution in [0.25, 0.3) is 5.52 Å². The predicted octanol–water partition coefficient (Wildman–Crippen LogP) is -0.900. The smallest absolute Gasteiger partial charge is 0.210 e. The molecule has 0 aromatic carbocycles. The molecule has 0 amide bonds. The van der Waals surface area contributed by atoms with Gasteiger partial charge in [0.1, 0.15) is 5.52 Å². The van der Waals surface area contributed by atoms with Gasteiger partial charge in [0.05, 0.1) is 17.2 Å². The van der Waals surface area contributed by atoms with Gasteiger partial charge in [0, 0.05) is 12.4 Å². The zero-order valence-electron chi connectivity index (χ0n) is 10.0. The number of primary sulfonamides is 1. The van der Waals surface area contributed by atoms with E-state index in [9.17, 15) is 16.8 Å². The summed E-state index contributed by atoms with van der Waals surface area (Å²) in [5.41, 5.74) is 0.949. The molecular weight excluding hydrogens is 292 g/mol. The molecule has 10 heteroatoms. The maximum atomic E-state index is 12.1. The molecule has 19 heavy (non-hydrogen) atoms. The van der Waals surface area contributed by atoms with Gasteiger partial charge in [-0.25, -0.2) is 31.5 Å². The van der Waals surface area contributed by atoms with Crippen molar-refractivity contribution in [2.75, 3.05) is 11.5 Å². The first kappa shape index (κ1) is 13.9. The van der Waals surface area contributed by atoms with Crippen LogP contribution < -0.4 is 5.14 Å². The van der Waals surface area contributed by atoms with Crippen LogP contribution in [0.15, 0.2) is 23.5 Å². The second kappa shape index (κ2) is 4.54. The number of nitrogens with zero attached hydrogens (tertiary/aromatic N) is 3. The summed E-state index contributed by atoms with van der Waals surface area (Å²) in [5.74, 6) is -1.26. The van der Waals surface area contributed by atoms with Gasteiger partial charge >= 0.3 is 0 Å². The molecule has 0 fully saturated rings. The van der Waals surface area contributed by atoms with Gasteiger partial charge in [0.25, 0.3) is 0 Å². The lowest BCUT2D eigenvalue weighted by atomic mass is 10.4. The van der Waals surface area contributed by atoms with Crippen LogP contribution in [-0.4, -0.2) is 42.9 Å². The summed E-state index contributed by atoms with van der Waals surface area (Å²) < 4.78 is 47.2. The van der Waals surface area contributed by atoms with Crippen molar-refractivity contribution in [3.63, 3.8) is 0 Å². The van der Waals surface area contributed by atoms with E-state index < -0.39 is 31.4 Å². The molecule has 2 N–H and O–H groups in total.